The molecule has 0 fully saturated rings. The van der Waals surface area contributed by atoms with Crippen LogP contribution in [0.2, 0.25) is 0 Å². The lowest BCUT2D eigenvalue weighted by atomic mass is 10.3. The van der Waals surface area contributed by atoms with E-state index in [1.54, 1.807) is 18.2 Å². The number of aromatic nitrogens is 1. The van der Waals surface area contributed by atoms with Gasteiger partial charge in [-0.25, -0.2) is 13.4 Å². The number of amides is 1. The Morgan fingerprint density at radius 2 is 1.91 bits per heavy atom. The number of nitrogens with one attached hydrogen (secondary N) is 1. The van der Waals surface area contributed by atoms with Crippen LogP contribution in [0, 0.1) is 0 Å². The largest absolute Gasteiger partial charge is 0.302 e. The molecule has 0 spiro atoms. The molecule has 0 saturated carbocycles. The maximum atomic E-state index is 12.8. The molecule has 1 aromatic heterocycles. The summed E-state index contributed by atoms with van der Waals surface area (Å²) in [5.74, 6) is -0.200. The topological polar surface area (TPSA) is 79.4 Å². The number of hydrogen-bond donors (Lipinski definition) is 1. The van der Waals surface area contributed by atoms with Gasteiger partial charge in [0.1, 0.15) is 0 Å². The van der Waals surface area contributed by atoms with Crippen molar-refractivity contribution in [3.63, 3.8) is 0 Å². The van der Waals surface area contributed by atoms with Crippen molar-refractivity contribution in [3.05, 3.63) is 18.2 Å². The summed E-state index contributed by atoms with van der Waals surface area (Å²) >= 11 is 1.27. The Hall–Kier alpha value is -1.51. The van der Waals surface area contributed by atoms with Gasteiger partial charge in [-0.05, 0) is 31.0 Å². The Kier molecular flexibility index (Phi) is 5.72. The SMILES string of the molecule is CCCN(CCC)S(=O)(=O)c1ccc2nc(NC(C)=O)sc2c1. The molecule has 8 heteroatoms. The van der Waals surface area contributed by atoms with E-state index in [1.807, 2.05) is 13.8 Å². The van der Waals surface area contributed by atoms with Crippen LogP contribution in [0.1, 0.15) is 33.6 Å². The second-order valence-electron chi connectivity index (χ2n) is 5.23. The molecule has 0 aliphatic heterocycles. The zero-order chi connectivity index (χ0) is 17.0. The number of carbonyl (C=O) groups excluding carboxylic acids is 1. The van der Waals surface area contributed by atoms with E-state index in [0.29, 0.717) is 23.7 Å². The van der Waals surface area contributed by atoms with Gasteiger partial charge >= 0.3 is 0 Å². The summed E-state index contributed by atoms with van der Waals surface area (Å²) in [5.41, 5.74) is 0.676. The van der Waals surface area contributed by atoms with E-state index in [2.05, 4.69) is 10.3 Å². The van der Waals surface area contributed by atoms with Crippen LogP contribution in [-0.4, -0.2) is 36.7 Å². The number of hydrogen-bond acceptors (Lipinski definition) is 5. The first kappa shape index (κ1) is 17.8. The van der Waals surface area contributed by atoms with Crippen molar-refractivity contribution in [3.8, 4) is 0 Å². The van der Waals surface area contributed by atoms with Crippen LogP contribution in [-0.2, 0) is 14.8 Å². The summed E-state index contributed by atoms with van der Waals surface area (Å²) in [7, 11) is -3.51. The highest BCUT2D eigenvalue weighted by Crippen LogP contribution is 2.29. The van der Waals surface area contributed by atoms with Gasteiger partial charge in [-0.15, -0.1) is 0 Å². The van der Waals surface area contributed by atoms with Gasteiger partial charge in [0, 0.05) is 20.0 Å². The summed E-state index contributed by atoms with van der Waals surface area (Å²) in [6.07, 6.45) is 1.55. The molecule has 0 atom stereocenters. The van der Waals surface area contributed by atoms with Crippen molar-refractivity contribution in [1.29, 1.82) is 0 Å². The molecule has 2 aromatic rings. The highest BCUT2D eigenvalue weighted by Gasteiger charge is 2.23. The second-order valence-corrected chi connectivity index (χ2v) is 8.20. The smallest absolute Gasteiger partial charge is 0.243 e. The molecule has 23 heavy (non-hydrogen) atoms. The summed E-state index contributed by atoms with van der Waals surface area (Å²) in [4.78, 5) is 15.6. The minimum Gasteiger partial charge on any atom is -0.302 e. The van der Waals surface area contributed by atoms with Crippen molar-refractivity contribution in [1.82, 2.24) is 9.29 Å². The fourth-order valence-corrected chi connectivity index (χ4v) is 4.95. The number of anilines is 1. The lowest BCUT2D eigenvalue weighted by molar-refractivity contribution is -0.114. The molecule has 0 aliphatic carbocycles. The van der Waals surface area contributed by atoms with Gasteiger partial charge in [-0.3, -0.25) is 4.79 Å². The first-order valence-electron chi connectivity index (χ1n) is 7.56. The van der Waals surface area contributed by atoms with Crippen molar-refractivity contribution < 1.29 is 13.2 Å². The van der Waals surface area contributed by atoms with E-state index in [0.717, 1.165) is 17.5 Å². The van der Waals surface area contributed by atoms with Crippen LogP contribution in [0.4, 0.5) is 5.13 Å². The average Bonchev–Trinajstić information content (AvgIpc) is 2.87. The molecule has 0 aliphatic rings. The summed E-state index contributed by atoms with van der Waals surface area (Å²) in [6, 6.07) is 4.89. The number of fused-ring (bicyclic) bond motifs is 1. The van der Waals surface area contributed by atoms with Crippen molar-refractivity contribution in [2.45, 2.75) is 38.5 Å². The van der Waals surface area contributed by atoms with E-state index < -0.39 is 10.0 Å². The zero-order valence-corrected chi connectivity index (χ0v) is 15.1. The first-order chi connectivity index (χ1) is 10.9. The predicted molar refractivity (Wildman–Crippen MR) is 93.3 cm³/mol. The highest BCUT2D eigenvalue weighted by molar-refractivity contribution is 7.89. The van der Waals surface area contributed by atoms with Crippen LogP contribution >= 0.6 is 11.3 Å². The van der Waals surface area contributed by atoms with Gasteiger partial charge in [0.15, 0.2) is 5.13 Å². The number of benzene rings is 1. The van der Waals surface area contributed by atoms with Gasteiger partial charge in [0.25, 0.3) is 0 Å². The molecule has 0 saturated heterocycles. The third kappa shape index (κ3) is 4.07. The number of thiazole rings is 1. The Labute approximate surface area is 140 Å². The Morgan fingerprint density at radius 1 is 1.26 bits per heavy atom. The first-order valence-corrected chi connectivity index (χ1v) is 9.82. The molecule has 2 rings (SSSR count). The Morgan fingerprint density at radius 3 is 2.48 bits per heavy atom. The number of carbonyl (C=O) groups is 1. The van der Waals surface area contributed by atoms with Crippen molar-refractivity contribution in [2.24, 2.45) is 0 Å². The normalized spacial score (nSPS) is 12.0. The van der Waals surface area contributed by atoms with Crippen LogP contribution in [0.15, 0.2) is 23.1 Å². The molecule has 126 valence electrons. The van der Waals surface area contributed by atoms with Crippen LogP contribution < -0.4 is 5.32 Å². The quantitative estimate of drug-likeness (QED) is 0.828. The number of sulfonamides is 1. The van der Waals surface area contributed by atoms with Gasteiger partial charge in [-0.2, -0.15) is 4.31 Å². The molecule has 0 radical (unpaired) electrons. The molecule has 0 bridgehead atoms. The molecule has 1 heterocycles. The Bertz CT molecular complexity index is 793. The average molecular weight is 355 g/mol. The van der Waals surface area contributed by atoms with E-state index in [-0.39, 0.29) is 10.8 Å². The fourth-order valence-electron chi connectivity index (χ4n) is 2.27. The summed E-state index contributed by atoms with van der Waals surface area (Å²) in [5, 5.41) is 3.10. The minimum absolute atomic E-state index is 0.200. The standard InChI is InChI=1S/C15H21N3O3S2/c1-4-8-18(9-5-2)23(20,21)12-6-7-13-14(10-12)22-15(17-13)16-11(3)19/h6-7,10H,4-5,8-9H2,1-3H3,(H,16,17,19). The minimum atomic E-state index is -3.51. The van der Waals surface area contributed by atoms with Gasteiger partial charge in [-0.1, -0.05) is 25.2 Å². The lowest BCUT2D eigenvalue weighted by Gasteiger charge is -2.20. The van der Waals surface area contributed by atoms with Crippen molar-refractivity contribution >= 4 is 42.6 Å². The third-order valence-corrected chi connectivity index (χ3v) is 6.05. The maximum Gasteiger partial charge on any atom is 0.243 e. The van der Waals surface area contributed by atoms with E-state index >= 15 is 0 Å². The van der Waals surface area contributed by atoms with Crippen LogP contribution in [0.5, 0.6) is 0 Å². The second kappa shape index (κ2) is 7.37. The predicted octanol–water partition coefficient (Wildman–Crippen LogP) is 3.07. The maximum absolute atomic E-state index is 12.8. The third-order valence-electron chi connectivity index (χ3n) is 3.23. The van der Waals surface area contributed by atoms with E-state index in [9.17, 15) is 13.2 Å². The van der Waals surface area contributed by atoms with Gasteiger partial charge in [0.05, 0.1) is 15.1 Å². The molecule has 1 amide bonds. The van der Waals surface area contributed by atoms with Crippen molar-refractivity contribution in [2.75, 3.05) is 18.4 Å². The summed E-state index contributed by atoms with van der Waals surface area (Å²) in [6.45, 7) is 6.35. The van der Waals surface area contributed by atoms with E-state index in [1.165, 1.54) is 22.6 Å². The van der Waals surface area contributed by atoms with Crippen LogP contribution in [0.3, 0.4) is 0 Å². The lowest BCUT2D eigenvalue weighted by Crippen LogP contribution is -2.32. The molecule has 6 nitrogen and oxygen atoms in total. The van der Waals surface area contributed by atoms with E-state index in [4.69, 9.17) is 0 Å². The molecular weight excluding hydrogens is 334 g/mol. The number of rotatable bonds is 7. The zero-order valence-electron chi connectivity index (χ0n) is 13.5. The molecule has 0 unspecified atom stereocenters. The Balaban J connectivity index is 2.39. The fraction of sp³-hybridized carbons (Fsp3) is 0.467. The van der Waals surface area contributed by atoms with Gasteiger partial charge in [0.2, 0.25) is 15.9 Å². The van der Waals surface area contributed by atoms with Crippen LogP contribution in [0.25, 0.3) is 10.2 Å². The molecule has 1 N–H and O–H groups in total. The van der Waals surface area contributed by atoms with Gasteiger partial charge < -0.3 is 5.32 Å². The monoisotopic (exact) mass is 355 g/mol. The highest BCUT2D eigenvalue weighted by atomic mass is 32.2. The number of nitrogens with zero attached hydrogens (tertiary/aromatic N) is 2. The molecular formula is C15H21N3O3S2. The summed E-state index contributed by atoms with van der Waals surface area (Å²) < 4.78 is 27.8. The molecule has 1 aromatic carbocycles.